The van der Waals surface area contributed by atoms with Gasteiger partial charge in [-0.2, -0.15) is 0 Å². The standard InChI is InChI=1S/C21H25NO3/c1-24-21-16-18(13-15-20(21)23)12-14-19(22-25-2)11-7-6-10-17-8-4-3-5-9-17/h3-5,8-9,12-16,23H,6-7,10-11H2,1-2H3. The van der Waals surface area contributed by atoms with E-state index in [1.54, 1.807) is 19.2 Å². The van der Waals surface area contributed by atoms with Gasteiger partial charge in [-0.15, -0.1) is 0 Å². The van der Waals surface area contributed by atoms with E-state index < -0.39 is 0 Å². The Morgan fingerprint density at radius 2 is 1.88 bits per heavy atom. The Kier molecular flexibility index (Phi) is 7.57. The lowest BCUT2D eigenvalue weighted by Crippen LogP contribution is -1.96. The van der Waals surface area contributed by atoms with Crippen molar-refractivity contribution in [3.8, 4) is 11.5 Å². The van der Waals surface area contributed by atoms with E-state index in [2.05, 4.69) is 29.4 Å². The lowest BCUT2D eigenvalue weighted by molar-refractivity contribution is 0.213. The molecule has 0 saturated heterocycles. The van der Waals surface area contributed by atoms with Crippen LogP contribution < -0.4 is 4.74 Å². The number of hydrogen-bond donors (Lipinski definition) is 1. The summed E-state index contributed by atoms with van der Waals surface area (Å²) >= 11 is 0. The Bertz CT molecular complexity index is 708. The fraction of sp³-hybridized carbons (Fsp3) is 0.286. The molecule has 2 aromatic carbocycles. The van der Waals surface area contributed by atoms with E-state index in [1.807, 2.05) is 24.3 Å². The number of aryl methyl sites for hydroxylation is 1. The minimum Gasteiger partial charge on any atom is -0.504 e. The molecule has 0 aliphatic heterocycles. The molecule has 0 saturated carbocycles. The quantitative estimate of drug-likeness (QED) is 0.404. The van der Waals surface area contributed by atoms with Crippen molar-refractivity contribution in [2.24, 2.45) is 5.16 Å². The first-order chi connectivity index (χ1) is 12.2. The highest BCUT2D eigenvalue weighted by Crippen LogP contribution is 2.26. The van der Waals surface area contributed by atoms with E-state index in [1.165, 1.54) is 12.7 Å². The van der Waals surface area contributed by atoms with Crippen molar-refractivity contribution >= 4 is 11.8 Å². The predicted molar refractivity (Wildman–Crippen MR) is 102 cm³/mol. The van der Waals surface area contributed by atoms with Crippen molar-refractivity contribution in [2.75, 3.05) is 14.2 Å². The molecule has 0 spiro atoms. The Balaban J connectivity index is 1.89. The van der Waals surface area contributed by atoms with Gasteiger partial charge in [-0.25, -0.2) is 0 Å². The molecular weight excluding hydrogens is 314 g/mol. The molecule has 0 amide bonds. The zero-order valence-corrected chi connectivity index (χ0v) is 14.8. The molecular formula is C21H25NO3. The van der Waals surface area contributed by atoms with Crippen LogP contribution in [0.25, 0.3) is 6.08 Å². The van der Waals surface area contributed by atoms with Crippen molar-refractivity contribution < 1.29 is 14.7 Å². The summed E-state index contributed by atoms with van der Waals surface area (Å²) in [5, 5.41) is 13.7. The van der Waals surface area contributed by atoms with Gasteiger partial charge in [0.05, 0.1) is 12.8 Å². The van der Waals surface area contributed by atoms with Gasteiger partial charge in [0.1, 0.15) is 7.11 Å². The molecule has 0 unspecified atom stereocenters. The van der Waals surface area contributed by atoms with Crippen molar-refractivity contribution in [1.29, 1.82) is 0 Å². The molecule has 0 bridgehead atoms. The maximum atomic E-state index is 9.64. The molecule has 0 aliphatic rings. The third-order valence-electron chi connectivity index (χ3n) is 3.87. The number of phenols is 1. The number of benzene rings is 2. The van der Waals surface area contributed by atoms with Crippen LogP contribution in [0.2, 0.25) is 0 Å². The van der Waals surface area contributed by atoms with Crippen LogP contribution in [-0.2, 0) is 11.3 Å². The average Bonchev–Trinajstić information content (AvgIpc) is 2.65. The highest BCUT2D eigenvalue weighted by molar-refractivity contribution is 5.97. The molecule has 2 rings (SSSR count). The van der Waals surface area contributed by atoms with Crippen LogP contribution in [0, 0.1) is 0 Å². The summed E-state index contributed by atoms with van der Waals surface area (Å²) in [7, 11) is 3.09. The van der Waals surface area contributed by atoms with E-state index in [0.29, 0.717) is 5.75 Å². The number of phenolic OH excluding ortho intramolecular Hbond substituents is 1. The number of methoxy groups -OCH3 is 1. The van der Waals surface area contributed by atoms with Crippen LogP contribution >= 0.6 is 0 Å². The van der Waals surface area contributed by atoms with Crippen LogP contribution in [-0.4, -0.2) is 25.0 Å². The van der Waals surface area contributed by atoms with Crippen molar-refractivity contribution in [2.45, 2.75) is 25.7 Å². The summed E-state index contributed by atoms with van der Waals surface area (Å²) in [5.74, 6) is 0.585. The highest BCUT2D eigenvalue weighted by Gasteiger charge is 2.02. The highest BCUT2D eigenvalue weighted by atomic mass is 16.6. The van der Waals surface area contributed by atoms with Crippen molar-refractivity contribution in [3.05, 3.63) is 65.7 Å². The summed E-state index contributed by atoms with van der Waals surface area (Å²) in [6.45, 7) is 0. The molecule has 4 heteroatoms. The summed E-state index contributed by atoms with van der Waals surface area (Å²) in [4.78, 5) is 4.94. The minimum absolute atomic E-state index is 0.131. The molecule has 0 aromatic heterocycles. The number of aromatic hydroxyl groups is 1. The molecule has 0 aliphatic carbocycles. The summed E-state index contributed by atoms with van der Waals surface area (Å²) in [5.41, 5.74) is 3.19. The molecule has 1 N–H and O–H groups in total. The fourth-order valence-corrected chi connectivity index (χ4v) is 2.55. The zero-order valence-electron chi connectivity index (χ0n) is 14.8. The van der Waals surface area contributed by atoms with Crippen molar-refractivity contribution in [1.82, 2.24) is 0 Å². The minimum atomic E-state index is 0.131. The van der Waals surface area contributed by atoms with Gasteiger partial charge >= 0.3 is 0 Å². The molecule has 0 atom stereocenters. The van der Waals surface area contributed by atoms with E-state index in [0.717, 1.165) is 37.0 Å². The number of unbranched alkanes of at least 4 members (excludes halogenated alkanes) is 1. The number of oxime groups is 1. The van der Waals surface area contributed by atoms with E-state index in [9.17, 15) is 5.11 Å². The lowest BCUT2D eigenvalue weighted by atomic mass is 10.0. The molecule has 0 radical (unpaired) electrons. The first kappa shape index (κ1) is 18.6. The summed E-state index contributed by atoms with van der Waals surface area (Å²) in [6, 6.07) is 15.7. The number of nitrogens with zero attached hydrogens (tertiary/aromatic N) is 1. The predicted octanol–water partition coefficient (Wildman–Crippen LogP) is 4.83. The van der Waals surface area contributed by atoms with Crippen molar-refractivity contribution in [3.63, 3.8) is 0 Å². The topological polar surface area (TPSA) is 51.0 Å². The number of hydrogen-bond acceptors (Lipinski definition) is 4. The van der Waals surface area contributed by atoms with E-state index in [4.69, 9.17) is 9.57 Å². The second-order valence-electron chi connectivity index (χ2n) is 5.72. The van der Waals surface area contributed by atoms with Gasteiger partial charge in [-0.05, 0) is 55.0 Å². The van der Waals surface area contributed by atoms with Crippen LogP contribution in [0.15, 0.2) is 59.8 Å². The van der Waals surface area contributed by atoms with Gasteiger partial charge in [0.15, 0.2) is 11.5 Å². The maximum Gasteiger partial charge on any atom is 0.161 e. The Morgan fingerprint density at radius 3 is 2.60 bits per heavy atom. The number of ether oxygens (including phenoxy) is 1. The van der Waals surface area contributed by atoms with Gasteiger partial charge in [0.25, 0.3) is 0 Å². The van der Waals surface area contributed by atoms with Crippen LogP contribution in [0.4, 0.5) is 0 Å². The third-order valence-corrected chi connectivity index (χ3v) is 3.87. The van der Waals surface area contributed by atoms with Crippen LogP contribution in [0.5, 0.6) is 11.5 Å². The van der Waals surface area contributed by atoms with Gasteiger partial charge < -0.3 is 14.7 Å². The molecule has 132 valence electrons. The Morgan fingerprint density at radius 1 is 1.08 bits per heavy atom. The monoisotopic (exact) mass is 339 g/mol. The number of rotatable bonds is 9. The molecule has 4 nitrogen and oxygen atoms in total. The second-order valence-corrected chi connectivity index (χ2v) is 5.72. The molecule has 2 aromatic rings. The Hall–Kier alpha value is -2.75. The fourth-order valence-electron chi connectivity index (χ4n) is 2.55. The zero-order chi connectivity index (χ0) is 17.9. The van der Waals surface area contributed by atoms with Crippen LogP contribution in [0.1, 0.15) is 30.4 Å². The second kappa shape index (κ2) is 10.2. The summed E-state index contributed by atoms with van der Waals surface area (Å²) < 4.78 is 5.12. The molecule has 25 heavy (non-hydrogen) atoms. The maximum absolute atomic E-state index is 9.64. The van der Waals surface area contributed by atoms with Gasteiger partial charge in [0, 0.05) is 0 Å². The first-order valence-electron chi connectivity index (χ1n) is 8.42. The SMILES string of the molecule is CON=C(C=Cc1ccc(O)c(OC)c1)CCCCc1ccccc1. The smallest absolute Gasteiger partial charge is 0.161 e. The Labute approximate surface area is 149 Å². The largest absolute Gasteiger partial charge is 0.504 e. The molecule has 0 heterocycles. The van der Waals surface area contributed by atoms with E-state index >= 15 is 0 Å². The van der Waals surface area contributed by atoms with Gasteiger partial charge in [-0.3, -0.25) is 0 Å². The summed E-state index contributed by atoms with van der Waals surface area (Å²) in [6.07, 6.45) is 7.95. The third kappa shape index (κ3) is 6.34. The molecule has 0 fully saturated rings. The first-order valence-corrected chi connectivity index (χ1v) is 8.42. The normalized spacial score (nSPS) is 11.7. The van der Waals surface area contributed by atoms with E-state index in [-0.39, 0.29) is 5.75 Å². The van der Waals surface area contributed by atoms with Crippen LogP contribution in [0.3, 0.4) is 0 Å². The number of allylic oxidation sites excluding steroid dienone is 1. The average molecular weight is 339 g/mol. The van der Waals surface area contributed by atoms with Gasteiger partial charge in [0.2, 0.25) is 0 Å². The lowest BCUT2D eigenvalue weighted by Gasteiger charge is -2.04. The van der Waals surface area contributed by atoms with Gasteiger partial charge in [-0.1, -0.05) is 47.6 Å².